The van der Waals surface area contributed by atoms with Gasteiger partial charge in [0.25, 0.3) is 0 Å². The summed E-state index contributed by atoms with van der Waals surface area (Å²) in [5.41, 5.74) is -0.180. The molecule has 0 saturated heterocycles. The molecule has 0 bridgehead atoms. The molecular weight excluding hydrogens is 374 g/mol. The van der Waals surface area contributed by atoms with Crippen LogP contribution < -0.4 is 10.6 Å². The van der Waals surface area contributed by atoms with E-state index >= 15 is 0 Å². The topological polar surface area (TPSA) is 62.7 Å². The molecule has 5 nitrogen and oxygen atoms in total. The van der Waals surface area contributed by atoms with Crippen molar-refractivity contribution in [2.24, 2.45) is 0 Å². The predicted octanol–water partition coefficient (Wildman–Crippen LogP) is 5.17. The Hall–Kier alpha value is -2.94. The molecule has 2 aromatic carbocycles. The van der Waals surface area contributed by atoms with Gasteiger partial charge < -0.3 is 10.6 Å². The Morgan fingerprint density at radius 2 is 1.42 bits per heavy atom. The number of benzene rings is 2. The number of hydrogen-bond donors (Lipinski definition) is 2. The molecule has 0 unspecified atom stereocenters. The molecule has 0 radical (unpaired) electrons. The van der Waals surface area contributed by atoms with Gasteiger partial charge in [0.2, 0.25) is 17.2 Å². The van der Waals surface area contributed by atoms with Gasteiger partial charge in [0, 0.05) is 11.4 Å². The normalized spacial score (nSPS) is 11.3. The van der Waals surface area contributed by atoms with Crippen LogP contribution in [0.3, 0.4) is 0 Å². The van der Waals surface area contributed by atoms with E-state index in [2.05, 4.69) is 25.6 Å². The number of alkyl halides is 3. The fraction of sp³-hybridized carbons (Fsp3) is 0.0625. The molecular formula is C16H10ClF4N5. The molecule has 10 heteroatoms. The number of nitrogens with one attached hydrogen (secondary N) is 2. The molecule has 26 heavy (non-hydrogen) atoms. The van der Waals surface area contributed by atoms with Crippen molar-refractivity contribution in [1.29, 1.82) is 0 Å². The molecule has 3 aromatic rings. The minimum absolute atomic E-state index is 0.0473. The maximum atomic E-state index is 12.9. The fourth-order valence-corrected chi connectivity index (χ4v) is 2.19. The highest BCUT2D eigenvalue weighted by molar-refractivity contribution is 6.28. The second-order valence-electron chi connectivity index (χ2n) is 5.09. The highest BCUT2D eigenvalue weighted by Gasteiger charge is 2.30. The van der Waals surface area contributed by atoms with Crippen molar-refractivity contribution in [2.75, 3.05) is 10.6 Å². The van der Waals surface area contributed by atoms with E-state index in [0.717, 1.165) is 12.1 Å². The lowest BCUT2D eigenvalue weighted by Gasteiger charge is -2.11. The molecule has 0 amide bonds. The Morgan fingerprint density at radius 1 is 0.808 bits per heavy atom. The largest absolute Gasteiger partial charge is 0.416 e. The van der Waals surface area contributed by atoms with Gasteiger partial charge >= 0.3 is 6.18 Å². The third-order valence-corrected chi connectivity index (χ3v) is 3.32. The zero-order valence-corrected chi connectivity index (χ0v) is 13.6. The van der Waals surface area contributed by atoms with Crippen molar-refractivity contribution in [3.8, 4) is 0 Å². The molecule has 0 aliphatic heterocycles. The average Bonchev–Trinajstić information content (AvgIpc) is 2.56. The van der Waals surface area contributed by atoms with Crippen molar-refractivity contribution in [3.05, 3.63) is 65.2 Å². The molecule has 0 saturated carbocycles. The number of nitrogens with zero attached hydrogens (tertiary/aromatic N) is 3. The highest BCUT2D eigenvalue weighted by Crippen LogP contribution is 2.31. The lowest BCUT2D eigenvalue weighted by atomic mass is 10.2. The molecule has 0 atom stereocenters. The molecule has 0 aliphatic carbocycles. The van der Waals surface area contributed by atoms with Crippen LogP contribution in [0.5, 0.6) is 0 Å². The Balaban J connectivity index is 1.83. The van der Waals surface area contributed by atoms with Gasteiger partial charge in [-0.3, -0.25) is 0 Å². The minimum atomic E-state index is -4.47. The lowest BCUT2D eigenvalue weighted by molar-refractivity contribution is -0.137. The minimum Gasteiger partial charge on any atom is -0.324 e. The van der Waals surface area contributed by atoms with Crippen LogP contribution in [-0.2, 0) is 6.18 Å². The Morgan fingerprint density at radius 3 is 2.04 bits per heavy atom. The summed E-state index contributed by atoms with van der Waals surface area (Å²) in [6, 6.07) is 9.98. The molecule has 134 valence electrons. The van der Waals surface area contributed by atoms with Crippen LogP contribution in [0.25, 0.3) is 0 Å². The van der Waals surface area contributed by atoms with Crippen molar-refractivity contribution in [3.63, 3.8) is 0 Å². The number of halogens is 5. The van der Waals surface area contributed by atoms with E-state index in [1.165, 1.54) is 36.4 Å². The Bertz CT molecular complexity index is 915. The quantitative estimate of drug-likeness (QED) is 0.608. The Kier molecular flexibility index (Phi) is 4.90. The maximum Gasteiger partial charge on any atom is 0.416 e. The smallest absolute Gasteiger partial charge is 0.324 e. The zero-order valence-electron chi connectivity index (χ0n) is 12.9. The van der Waals surface area contributed by atoms with Gasteiger partial charge in [0.05, 0.1) is 5.56 Å². The third kappa shape index (κ3) is 4.57. The monoisotopic (exact) mass is 383 g/mol. The number of rotatable bonds is 4. The van der Waals surface area contributed by atoms with E-state index in [4.69, 9.17) is 11.6 Å². The summed E-state index contributed by atoms with van der Waals surface area (Å²) in [6.07, 6.45) is -4.47. The van der Waals surface area contributed by atoms with E-state index in [1.54, 1.807) is 0 Å². The second-order valence-corrected chi connectivity index (χ2v) is 5.43. The van der Waals surface area contributed by atoms with Crippen LogP contribution in [0.4, 0.5) is 40.8 Å². The van der Waals surface area contributed by atoms with E-state index in [9.17, 15) is 17.6 Å². The predicted molar refractivity (Wildman–Crippen MR) is 89.2 cm³/mol. The van der Waals surface area contributed by atoms with Gasteiger partial charge in [-0.15, -0.1) is 0 Å². The van der Waals surface area contributed by atoms with E-state index < -0.39 is 17.6 Å². The van der Waals surface area contributed by atoms with Crippen molar-refractivity contribution in [1.82, 2.24) is 15.0 Å². The average molecular weight is 384 g/mol. The fourth-order valence-electron chi connectivity index (χ4n) is 2.03. The van der Waals surface area contributed by atoms with E-state index in [-0.39, 0.29) is 22.9 Å². The standard InChI is InChI=1S/C16H10ClF4N5/c17-13-24-14(22-11-6-4-10(18)5-7-11)26-15(25-13)23-12-3-1-2-9(8-12)16(19,20)21/h1-8H,(H2,22,23,24,25,26). The van der Waals surface area contributed by atoms with E-state index in [1.807, 2.05) is 0 Å². The zero-order chi connectivity index (χ0) is 18.7. The summed E-state index contributed by atoms with van der Waals surface area (Å²) in [4.78, 5) is 11.7. The van der Waals surface area contributed by atoms with Gasteiger partial charge in [0.1, 0.15) is 5.82 Å². The first-order valence-electron chi connectivity index (χ1n) is 7.18. The highest BCUT2D eigenvalue weighted by atomic mass is 35.5. The first-order valence-corrected chi connectivity index (χ1v) is 7.56. The van der Waals surface area contributed by atoms with Gasteiger partial charge in [-0.25, -0.2) is 4.39 Å². The van der Waals surface area contributed by atoms with Crippen LogP contribution >= 0.6 is 11.6 Å². The molecule has 0 aliphatic rings. The summed E-state index contributed by atoms with van der Waals surface area (Å²) in [7, 11) is 0. The number of aromatic nitrogens is 3. The van der Waals surface area contributed by atoms with Gasteiger partial charge in [-0.1, -0.05) is 6.07 Å². The number of anilines is 4. The molecule has 3 rings (SSSR count). The van der Waals surface area contributed by atoms with Crippen LogP contribution in [-0.4, -0.2) is 15.0 Å². The third-order valence-electron chi connectivity index (χ3n) is 3.15. The second kappa shape index (κ2) is 7.12. The molecule has 0 spiro atoms. The molecule has 1 aromatic heterocycles. The summed E-state index contributed by atoms with van der Waals surface area (Å²) in [6.45, 7) is 0. The molecule has 0 fully saturated rings. The number of hydrogen-bond acceptors (Lipinski definition) is 5. The van der Waals surface area contributed by atoms with Crippen molar-refractivity contribution < 1.29 is 17.6 Å². The summed E-state index contributed by atoms with van der Waals surface area (Å²) in [5.74, 6) is -0.406. The SMILES string of the molecule is Fc1ccc(Nc2nc(Cl)nc(Nc3cccc(C(F)(F)F)c3)n2)cc1. The van der Waals surface area contributed by atoms with Gasteiger partial charge in [-0.05, 0) is 54.1 Å². The van der Waals surface area contributed by atoms with Crippen LogP contribution in [0.1, 0.15) is 5.56 Å². The summed E-state index contributed by atoms with van der Waals surface area (Å²) >= 11 is 5.83. The molecule has 1 heterocycles. The first kappa shape index (κ1) is 17.9. The van der Waals surface area contributed by atoms with Crippen molar-refractivity contribution in [2.45, 2.75) is 6.18 Å². The van der Waals surface area contributed by atoms with Crippen molar-refractivity contribution >= 4 is 34.9 Å². The molecule has 2 N–H and O–H groups in total. The summed E-state index contributed by atoms with van der Waals surface area (Å²) in [5, 5.41) is 5.28. The van der Waals surface area contributed by atoms with Gasteiger partial charge in [-0.2, -0.15) is 28.1 Å². The maximum absolute atomic E-state index is 12.9. The van der Waals surface area contributed by atoms with Crippen LogP contribution in [0.2, 0.25) is 5.28 Å². The summed E-state index contributed by atoms with van der Waals surface area (Å²) < 4.78 is 51.3. The first-order chi connectivity index (χ1) is 12.3. The lowest BCUT2D eigenvalue weighted by Crippen LogP contribution is -2.07. The Labute approximate surface area is 150 Å². The van der Waals surface area contributed by atoms with Crippen LogP contribution in [0, 0.1) is 5.82 Å². The van der Waals surface area contributed by atoms with E-state index in [0.29, 0.717) is 5.69 Å². The van der Waals surface area contributed by atoms with Crippen LogP contribution in [0.15, 0.2) is 48.5 Å². The van der Waals surface area contributed by atoms with Gasteiger partial charge in [0.15, 0.2) is 0 Å².